The normalized spacial score (nSPS) is 16.5. The molecule has 1 aromatic rings. The lowest BCUT2D eigenvalue weighted by molar-refractivity contribution is 0.477. The molecule has 1 saturated heterocycles. The number of nitrogens with two attached hydrogens (primary N) is 1. The third-order valence-corrected chi connectivity index (χ3v) is 5.70. The molecule has 1 aliphatic rings. The molecule has 0 saturated carbocycles. The van der Waals surface area contributed by atoms with Crippen LogP contribution in [0, 0.1) is 0 Å². The Balaban J connectivity index is 2.51. The summed E-state index contributed by atoms with van der Waals surface area (Å²) in [6.07, 6.45) is 1.87. The molecule has 2 rings (SSSR count). The summed E-state index contributed by atoms with van der Waals surface area (Å²) in [6, 6.07) is 5.16. The molecular weight excluding hydrogens is 274 g/mol. The zero-order valence-electron chi connectivity index (χ0n) is 12.2. The van der Waals surface area contributed by atoms with Gasteiger partial charge in [0.1, 0.15) is 4.90 Å². The van der Waals surface area contributed by atoms with Crippen molar-refractivity contribution in [2.24, 2.45) is 0 Å². The van der Waals surface area contributed by atoms with E-state index in [0.717, 1.165) is 31.6 Å². The van der Waals surface area contributed by atoms with Crippen LogP contribution in [-0.2, 0) is 10.0 Å². The second kappa shape index (κ2) is 6.01. The molecule has 6 heteroatoms. The van der Waals surface area contributed by atoms with E-state index in [-0.39, 0.29) is 0 Å². The number of hydrogen-bond acceptors (Lipinski definition) is 4. The van der Waals surface area contributed by atoms with E-state index in [1.54, 1.807) is 16.4 Å². The summed E-state index contributed by atoms with van der Waals surface area (Å²) in [6.45, 7) is 6.79. The van der Waals surface area contributed by atoms with Crippen molar-refractivity contribution >= 4 is 21.4 Å². The van der Waals surface area contributed by atoms with Crippen molar-refractivity contribution in [1.82, 2.24) is 4.31 Å². The molecule has 0 radical (unpaired) electrons. The van der Waals surface area contributed by atoms with E-state index in [0.29, 0.717) is 23.7 Å². The van der Waals surface area contributed by atoms with Crippen LogP contribution >= 0.6 is 0 Å². The third-order valence-electron chi connectivity index (χ3n) is 3.77. The highest BCUT2D eigenvalue weighted by molar-refractivity contribution is 7.89. The molecule has 0 spiro atoms. The maximum Gasteiger partial charge on any atom is 0.245 e. The van der Waals surface area contributed by atoms with Gasteiger partial charge in [0.05, 0.1) is 5.69 Å². The van der Waals surface area contributed by atoms with E-state index >= 15 is 0 Å². The first-order chi connectivity index (χ1) is 9.50. The zero-order valence-corrected chi connectivity index (χ0v) is 13.0. The first kappa shape index (κ1) is 15.1. The third kappa shape index (κ3) is 2.76. The van der Waals surface area contributed by atoms with Crippen molar-refractivity contribution in [2.75, 3.05) is 36.8 Å². The van der Waals surface area contributed by atoms with Gasteiger partial charge in [-0.05, 0) is 44.9 Å². The molecule has 0 bridgehead atoms. The number of nitrogen functional groups attached to an aromatic ring is 1. The number of nitrogens with zero attached hydrogens (tertiary/aromatic N) is 2. The van der Waals surface area contributed by atoms with Crippen LogP contribution in [0.3, 0.4) is 0 Å². The molecule has 0 unspecified atom stereocenters. The Labute approximate surface area is 121 Å². The Morgan fingerprint density at radius 3 is 2.35 bits per heavy atom. The minimum absolute atomic E-state index is 0.336. The summed E-state index contributed by atoms with van der Waals surface area (Å²) in [5.74, 6) is 0. The van der Waals surface area contributed by atoms with Crippen LogP contribution in [0.2, 0.25) is 0 Å². The number of benzene rings is 1. The zero-order chi connectivity index (χ0) is 14.8. The van der Waals surface area contributed by atoms with Gasteiger partial charge in [0.2, 0.25) is 10.0 Å². The van der Waals surface area contributed by atoms with Crippen LogP contribution in [0.15, 0.2) is 23.1 Å². The second-order valence-electron chi connectivity index (χ2n) is 5.01. The fraction of sp³-hybridized carbons (Fsp3) is 0.571. The van der Waals surface area contributed by atoms with Crippen LogP contribution in [0.1, 0.15) is 26.7 Å². The summed E-state index contributed by atoms with van der Waals surface area (Å²) >= 11 is 0. The maximum absolute atomic E-state index is 12.8. The summed E-state index contributed by atoms with van der Waals surface area (Å²) in [5.41, 5.74) is 7.04. The van der Waals surface area contributed by atoms with E-state index in [1.807, 2.05) is 24.8 Å². The average molecular weight is 297 g/mol. The van der Waals surface area contributed by atoms with E-state index in [1.165, 1.54) is 0 Å². The van der Waals surface area contributed by atoms with Gasteiger partial charge in [-0.1, -0.05) is 0 Å². The van der Waals surface area contributed by atoms with Crippen molar-refractivity contribution in [3.05, 3.63) is 18.2 Å². The van der Waals surface area contributed by atoms with Crippen LogP contribution in [0.25, 0.3) is 0 Å². The number of sulfonamides is 1. The molecule has 1 aliphatic heterocycles. The first-order valence-corrected chi connectivity index (χ1v) is 8.59. The van der Waals surface area contributed by atoms with Gasteiger partial charge in [0.15, 0.2) is 0 Å². The predicted molar refractivity (Wildman–Crippen MR) is 82.4 cm³/mol. The van der Waals surface area contributed by atoms with Crippen LogP contribution < -0.4 is 10.6 Å². The van der Waals surface area contributed by atoms with Crippen molar-refractivity contribution in [3.63, 3.8) is 0 Å². The minimum atomic E-state index is -3.45. The smallest absolute Gasteiger partial charge is 0.245 e. The van der Waals surface area contributed by atoms with Crippen molar-refractivity contribution < 1.29 is 8.42 Å². The monoisotopic (exact) mass is 297 g/mol. The average Bonchev–Trinajstić information content (AvgIpc) is 2.96. The largest absolute Gasteiger partial charge is 0.399 e. The van der Waals surface area contributed by atoms with Gasteiger partial charge >= 0.3 is 0 Å². The van der Waals surface area contributed by atoms with E-state index in [9.17, 15) is 8.42 Å². The van der Waals surface area contributed by atoms with Crippen LogP contribution in [0.5, 0.6) is 0 Å². The van der Waals surface area contributed by atoms with Gasteiger partial charge in [-0.15, -0.1) is 0 Å². The predicted octanol–water partition coefficient (Wildman–Crippen LogP) is 1.90. The quantitative estimate of drug-likeness (QED) is 0.843. The topological polar surface area (TPSA) is 66.6 Å². The summed E-state index contributed by atoms with van der Waals surface area (Å²) < 4.78 is 27.1. The molecule has 0 amide bonds. The van der Waals surface area contributed by atoms with Gasteiger partial charge in [0.25, 0.3) is 0 Å². The molecule has 112 valence electrons. The van der Waals surface area contributed by atoms with E-state index in [2.05, 4.69) is 0 Å². The van der Waals surface area contributed by atoms with Crippen LogP contribution in [0.4, 0.5) is 11.4 Å². The molecule has 0 aliphatic carbocycles. The Hall–Kier alpha value is -1.27. The van der Waals surface area contributed by atoms with Gasteiger partial charge < -0.3 is 10.6 Å². The number of rotatable bonds is 5. The van der Waals surface area contributed by atoms with Crippen molar-refractivity contribution in [2.45, 2.75) is 31.6 Å². The van der Waals surface area contributed by atoms with Gasteiger partial charge in [-0.2, -0.15) is 4.31 Å². The fourth-order valence-electron chi connectivity index (χ4n) is 2.63. The maximum atomic E-state index is 12.8. The van der Waals surface area contributed by atoms with Gasteiger partial charge in [-0.25, -0.2) is 8.42 Å². The van der Waals surface area contributed by atoms with Crippen LogP contribution in [-0.4, -0.2) is 38.9 Å². The summed E-state index contributed by atoms with van der Waals surface area (Å²) in [5, 5.41) is 0. The SMILES string of the molecule is CCN(CC)c1ccc(N)cc1S(=O)(=O)N1CCCC1. The van der Waals surface area contributed by atoms with E-state index < -0.39 is 10.0 Å². The highest BCUT2D eigenvalue weighted by Crippen LogP contribution is 2.31. The molecule has 1 fully saturated rings. The highest BCUT2D eigenvalue weighted by Gasteiger charge is 2.30. The molecule has 1 heterocycles. The first-order valence-electron chi connectivity index (χ1n) is 7.15. The standard InChI is InChI=1S/C14H23N3O2S/c1-3-16(4-2)13-8-7-12(15)11-14(13)20(18,19)17-9-5-6-10-17/h7-8,11H,3-6,9-10,15H2,1-2H3. The Kier molecular flexibility index (Phi) is 4.55. The molecule has 20 heavy (non-hydrogen) atoms. The van der Waals surface area contributed by atoms with E-state index in [4.69, 9.17) is 5.73 Å². The Bertz CT molecular complexity index is 562. The molecule has 0 atom stereocenters. The molecule has 1 aromatic carbocycles. The lowest BCUT2D eigenvalue weighted by Gasteiger charge is -2.26. The molecular formula is C14H23N3O2S. The summed E-state index contributed by atoms with van der Waals surface area (Å²) in [4.78, 5) is 2.38. The number of anilines is 2. The minimum Gasteiger partial charge on any atom is -0.399 e. The molecule has 2 N–H and O–H groups in total. The lowest BCUT2D eigenvalue weighted by Crippen LogP contribution is -2.31. The molecule has 0 aromatic heterocycles. The van der Waals surface area contributed by atoms with Gasteiger partial charge in [-0.3, -0.25) is 0 Å². The fourth-order valence-corrected chi connectivity index (χ4v) is 4.39. The number of hydrogen-bond donors (Lipinski definition) is 1. The molecule has 5 nitrogen and oxygen atoms in total. The Morgan fingerprint density at radius 1 is 1.20 bits per heavy atom. The van der Waals surface area contributed by atoms with Gasteiger partial charge in [0, 0.05) is 31.9 Å². The lowest BCUT2D eigenvalue weighted by atomic mass is 10.2. The second-order valence-corrected chi connectivity index (χ2v) is 6.92. The summed E-state index contributed by atoms with van der Waals surface area (Å²) in [7, 11) is -3.45. The highest BCUT2D eigenvalue weighted by atomic mass is 32.2. The Morgan fingerprint density at radius 2 is 1.80 bits per heavy atom. The van der Waals surface area contributed by atoms with Crippen molar-refractivity contribution in [1.29, 1.82) is 0 Å². The van der Waals surface area contributed by atoms with Crippen molar-refractivity contribution in [3.8, 4) is 0 Å².